The molecule has 2 aliphatic carbocycles. The fourth-order valence-corrected chi connectivity index (χ4v) is 14.6. The summed E-state index contributed by atoms with van der Waals surface area (Å²) in [5, 5.41) is 0. The molecule has 2 aromatic rings. The van der Waals surface area contributed by atoms with Gasteiger partial charge in [0.25, 0.3) is 0 Å². The van der Waals surface area contributed by atoms with Crippen molar-refractivity contribution < 1.29 is 0 Å². The number of hydrogen-bond acceptors (Lipinski definition) is 0. The molecule has 2 aromatic carbocycles. The lowest BCUT2D eigenvalue weighted by atomic mass is 9.98. The van der Waals surface area contributed by atoms with E-state index in [2.05, 4.69) is 78.0 Å². The van der Waals surface area contributed by atoms with E-state index in [1.807, 2.05) is 0 Å². The smallest absolute Gasteiger partial charge is 0.0678 e. The third kappa shape index (κ3) is 2.56. The first-order valence-electron chi connectivity index (χ1n) is 11.4. The first-order chi connectivity index (χ1) is 13.8. The maximum atomic E-state index is 2.55. The quantitative estimate of drug-likeness (QED) is 0.450. The second-order valence-electron chi connectivity index (χ2n) is 10.1. The fraction of sp³-hybridized carbons (Fsp3) is 0.429. The summed E-state index contributed by atoms with van der Waals surface area (Å²) in [7, 11) is -1.64. The molecular weight excluding hydrogens is 364 g/mol. The van der Waals surface area contributed by atoms with Crippen molar-refractivity contribution in [3.63, 3.8) is 0 Å². The molecule has 0 radical (unpaired) electrons. The molecule has 1 heteroatoms. The van der Waals surface area contributed by atoms with E-state index in [1.54, 1.807) is 33.4 Å². The van der Waals surface area contributed by atoms with E-state index in [0.29, 0.717) is 11.1 Å². The largest absolute Gasteiger partial charge is 0.0782 e. The molecule has 0 N–H and O–H groups in total. The van der Waals surface area contributed by atoms with E-state index in [4.69, 9.17) is 0 Å². The molecule has 0 amide bonds. The molecule has 150 valence electrons. The van der Waals surface area contributed by atoms with Crippen molar-refractivity contribution in [2.45, 2.75) is 77.6 Å². The average molecular weight is 399 g/mol. The Bertz CT molecular complexity index is 994. The summed E-state index contributed by atoms with van der Waals surface area (Å²) in [4.78, 5) is 0. The minimum Gasteiger partial charge on any atom is -0.0678 e. The lowest BCUT2D eigenvalue weighted by molar-refractivity contribution is 0.928. The third-order valence-electron chi connectivity index (χ3n) is 8.36. The van der Waals surface area contributed by atoms with Crippen LogP contribution >= 0.6 is 0 Å². The second kappa shape index (κ2) is 6.57. The van der Waals surface area contributed by atoms with Crippen LogP contribution in [0.5, 0.6) is 0 Å². The standard InChI is InChI=1S/C28H34Si/c1-17-9-11-19(3)25-23(17)15-21(5)27(25)29(13-7-8-14-29)28-22(6)16-24-18(2)10-12-20(4)26(24)28/h9-12,15-16,27-28H,7-8,13-14H2,1-6H3. The predicted octanol–water partition coefficient (Wildman–Crippen LogP) is 7.94. The van der Waals surface area contributed by atoms with Gasteiger partial charge in [0.15, 0.2) is 0 Å². The Morgan fingerprint density at radius 1 is 0.586 bits per heavy atom. The molecule has 1 saturated heterocycles. The van der Waals surface area contributed by atoms with Crippen molar-refractivity contribution in [2.24, 2.45) is 0 Å². The first kappa shape index (κ1) is 19.1. The summed E-state index contributed by atoms with van der Waals surface area (Å²) < 4.78 is 0. The predicted molar refractivity (Wildman–Crippen MR) is 129 cm³/mol. The van der Waals surface area contributed by atoms with Crippen LogP contribution in [-0.2, 0) is 0 Å². The van der Waals surface area contributed by atoms with Gasteiger partial charge in [-0.25, -0.2) is 0 Å². The molecule has 1 fully saturated rings. The van der Waals surface area contributed by atoms with Crippen LogP contribution in [0.25, 0.3) is 12.2 Å². The minimum absolute atomic E-state index is 0.694. The Labute approximate surface area is 177 Å². The summed E-state index contributed by atoms with van der Waals surface area (Å²) in [6, 6.07) is 12.4. The van der Waals surface area contributed by atoms with Crippen molar-refractivity contribution in [3.8, 4) is 0 Å². The van der Waals surface area contributed by atoms with Gasteiger partial charge in [-0.05, 0) is 86.1 Å². The summed E-state index contributed by atoms with van der Waals surface area (Å²) in [5.74, 6) is 0. The van der Waals surface area contributed by atoms with E-state index in [1.165, 1.54) is 47.2 Å². The molecule has 1 heterocycles. The van der Waals surface area contributed by atoms with Crippen molar-refractivity contribution >= 4 is 20.2 Å². The zero-order chi connectivity index (χ0) is 20.5. The molecular formula is C28H34Si. The van der Waals surface area contributed by atoms with Crippen LogP contribution in [-0.4, -0.2) is 8.07 Å². The highest BCUT2D eigenvalue weighted by molar-refractivity contribution is 6.84. The van der Waals surface area contributed by atoms with Gasteiger partial charge in [0.05, 0.1) is 8.07 Å². The van der Waals surface area contributed by atoms with Gasteiger partial charge in [0, 0.05) is 11.1 Å². The van der Waals surface area contributed by atoms with Gasteiger partial charge in [-0.15, -0.1) is 0 Å². The molecule has 0 spiro atoms. The number of fused-ring (bicyclic) bond motifs is 2. The molecule has 0 nitrogen and oxygen atoms in total. The Morgan fingerprint density at radius 2 is 0.966 bits per heavy atom. The molecule has 2 unspecified atom stereocenters. The summed E-state index contributed by atoms with van der Waals surface area (Å²) in [6.45, 7) is 14.2. The number of hydrogen-bond donors (Lipinski definition) is 0. The van der Waals surface area contributed by atoms with Crippen LogP contribution in [0.15, 0.2) is 35.4 Å². The molecule has 3 aliphatic rings. The van der Waals surface area contributed by atoms with Crippen molar-refractivity contribution in [2.75, 3.05) is 0 Å². The molecule has 0 aromatic heterocycles. The Balaban J connectivity index is 1.76. The fourth-order valence-electron chi connectivity index (χ4n) is 7.19. The summed E-state index contributed by atoms with van der Waals surface area (Å²) in [5.41, 5.74) is 17.1. The van der Waals surface area contributed by atoms with Crippen LogP contribution in [0.4, 0.5) is 0 Å². The Kier molecular flexibility index (Phi) is 4.33. The van der Waals surface area contributed by atoms with Gasteiger partial charge in [0.2, 0.25) is 0 Å². The van der Waals surface area contributed by atoms with Crippen LogP contribution in [0.2, 0.25) is 12.1 Å². The van der Waals surface area contributed by atoms with Gasteiger partial charge in [-0.3, -0.25) is 0 Å². The monoisotopic (exact) mass is 398 g/mol. The summed E-state index contributed by atoms with van der Waals surface area (Å²) in [6.07, 6.45) is 7.96. The first-order valence-corrected chi connectivity index (χ1v) is 14.0. The zero-order valence-electron chi connectivity index (χ0n) is 18.9. The average Bonchev–Trinajstić information content (AvgIpc) is 3.37. The molecule has 2 atom stereocenters. The minimum atomic E-state index is -1.64. The lowest BCUT2D eigenvalue weighted by Gasteiger charge is -2.43. The van der Waals surface area contributed by atoms with E-state index in [-0.39, 0.29) is 0 Å². The van der Waals surface area contributed by atoms with E-state index in [9.17, 15) is 0 Å². The normalized spacial score (nSPS) is 24.3. The second-order valence-corrected chi connectivity index (χ2v) is 14.8. The summed E-state index contributed by atoms with van der Waals surface area (Å²) >= 11 is 0. The van der Waals surface area contributed by atoms with Gasteiger partial charge < -0.3 is 0 Å². The van der Waals surface area contributed by atoms with E-state index in [0.717, 1.165) is 0 Å². The topological polar surface area (TPSA) is 0 Å². The maximum Gasteiger partial charge on any atom is 0.0782 e. The van der Waals surface area contributed by atoms with E-state index >= 15 is 0 Å². The highest BCUT2D eigenvalue weighted by Crippen LogP contribution is 2.59. The van der Waals surface area contributed by atoms with Gasteiger partial charge >= 0.3 is 0 Å². The highest BCUT2D eigenvalue weighted by Gasteiger charge is 2.54. The highest BCUT2D eigenvalue weighted by atomic mass is 28.3. The SMILES string of the molecule is CC1=Cc2c(C)ccc(C)c2C1[Si]1(C2C(C)=Cc3c(C)ccc(C)c32)CCCC1. The van der Waals surface area contributed by atoms with Gasteiger partial charge in [0.1, 0.15) is 0 Å². The molecule has 0 bridgehead atoms. The molecule has 1 aliphatic heterocycles. The van der Waals surface area contributed by atoms with Crippen LogP contribution in [0.3, 0.4) is 0 Å². The lowest BCUT2D eigenvalue weighted by Crippen LogP contribution is -2.46. The van der Waals surface area contributed by atoms with Crippen LogP contribution in [0.1, 0.15) is 82.3 Å². The third-order valence-corrected chi connectivity index (χ3v) is 14.7. The maximum absolute atomic E-state index is 2.55. The van der Waals surface area contributed by atoms with Gasteiger partial charge in [-0.1, -0.05) is 72.5 Å². The Hall–Kier alpha value is -1.86. The molecule has 5 rings (SSSR count). The molecule has 29 heavy (non-hydrogen) atoms. The molecule has 0 saturated carbocycles. The number of benzene rings is 2. The van der Waals surface area contributed by atoms with Crippen LogP contribution in [0, 0.1) is 27.7 Å². The van der Waals surface area contributed by atoms with Crippen LogP contribution < -0.4 is 0 Å². The van der Waals surface area contributed by atoms with Crippen molar-refractivity contribution in [1.82, 2.24) is 0 Å². The number of rotatable bonds is 2. The number of aryl methyl sites for hydroxylation is 4. The van der Waals surface area contributed by atoms with Gasteiger partial charge in [-0.2, -0.15) is 0 Å². The van der Waals surface area contributed by atoms with Crippen molar-refractivity contribution in [1.29, 1.82) is 0 Å². The van der Waals surface area contributed by atoms with E-state index < -0.39 is 8.07 Å². The zero-order valence-corrected chi connectivity index (χ0v) is 19.9. The Morgan fingerprint density at radius 3 is 1.38 bits per heavy atom. The van der Waals surface area contributed by atoms with Crippen molar-refractivity contribution in [3.05, 3.63) is 79.9 Å². The number of allylic oxidation sites excluding steroid dienone is 2.